The van der Waals surface area contributed by atoms with Crippen LogP contribution in [-0.2, 0) is 10.2 Å². The molecule has 0 N–H and O–H groups in total. The maximum Gasteiger partial charge on any atom is 0.230 e. The summed E-state index contributed by atoms with van der Waals surface area (Å²) in [6, 6.07) is 16.1. The van der Waals surface area contributed by atoms with E-state index in [0.29, 0.717) is 11.9 Å². The number of nitrogens with zero attached hydrogens (tertiary/aromatic N) is 3. The normalized spacial score (nSPS) is 26.2. The van der Waals surface area contributed by atoms with E-state index < -0.39 is 0 Å². The van der Waals surface area contributed by atoms with Crippen LogP contribution in [0.2, 0.25) is 0 Å². The van der Waals surface area contributed by atoms with Crippen LogP contribution in [0.25, 0.3) is 11.1 Å². The largest absolute Gasteiger partial charge is 0.496 e. The summed E-state index contributed by atoms with van der Waals surface area (Å²) in [4.78, 5) is 16.5. The van der Waals surface area contributed by atoms with Crippen molar-refractivity contribution in [1.29, 1.82) is 0 Å². The molecule has 2 bridgehead atoms. The molecular formula is C36H44N3O2. The number of carbonyl (C=O) groups excluding carboxylic acids is 1. The minimum atomic E-state index is 0.131. The smallest absolute Gasteiger partial charge is 0.230 e. The van der Waals surface area contributed by atoms with Crippen LogP contribution < -0.4 is 9.64 Å². The third-order valence-corrected chi connectivity index (χ3v) is 11.0. The van der Waals surface area contributed by atoms with Crippen LogP contribution in [0.5, 0.6) is 5.75 Å². The van der Waals surface area contributed by atoms with Crippen molar-refractivity contribution in [1.82, 2.24) is 9.78 Å². The van der Waals surface area contributed by atoms with Crippen LogP contribution in [0, 0.1) is 24.7 Å². The molecule has 0 saturated heterocycles. The van der Waals surface area contributed by atoms with E-state index in [0.717, 1.165) is 54.8 Å². The van der Waals surface area contributed by atoms with Crippen molar-refractivity contribution >= 4 is 11.6 Å². The van der Waals surface area contributed by atoms with Crippen LogP contribution in [0.15, 0.2) is 54.9 Å². The third-order valence-electron chi connectivity index (χ3n) is 11.0. The number of benzene rings is 2. The van der Waals surface area contributed by atoms with Crippen LogP contribution in [-0.4, -0.2) is 29.3 Å². The molecule has 0 atom stereocenters. The van der Waals surface area contributed by atoms with Gasteiger partial charge in [0.2, 0.25) is 5.91 Å². The molecule has 5 heteroatoms. The summed E-state index contributed by atoms with van der Waals surface area (Å²) in [7, 11) is 1.76. The van der Waals surface area contributed by atoms with E-state index in [4.69, 9.17) is 4.74 Å². The van der Waals surface area contributed by atoms with E-state index in [1.165, 1.54) is 62.5 Å². The van der Waals surface area contributed by atoms with Gasteiger partial charge in [-0.05, 0) is 136 Å². The van der Waals surface area contributed by atoms with E-state index in [9.17, 15) is 4.79 Å². The van der Waals surface area contributed by atoms with Gasteiger partial charge < -0.3 is 9.64 Å². The molecule has 1 heterocycles. The van der Waals surface area contributed by atoms with Crippen molar-refractivity contribution in [3.8, 4) is 16.9 Å². The van der Waals surface area contributed by atoms with Gasteiger partial charge in [0.05, 0.1) is 19.3 Å². The summed E-state index contributed by atoms with van der Waals surface area (Å²) < 4.78 is 7.66. The lowest BCUT2D eigenvalue weighted by atomic mass is 9.51. The lowest BCUT2D eigenvalue weighted by Gasteiger charge is -2.55. The molecule has 0 aliphatic heterocycles. The quantitative estimate of drug-likeness (QED) is 0.284. The van der Waals surface area contributed by atoms with Crippen LogP contribution in [0.1, 0.15) is 94.2 Å². The van der Waals surface area contributed by atoms with Crippen LogP contribution in [0.4, 0.5) is 5.69 Å². The number of rotatable bonds is 8. The maximum atomic E-state index is 14.3. The highest BCUT2D eigenvalue weighted by Crippen LogP contribution is 2.58. The fraction of sp³-hybridized carbons (Fsp3) is 0.528. The number of hydrogen-bond donors (Lipinski definition) is 0. The molecule has 1 radical (unpaired) electrons. The summed E-state index contributed by atoms with van der Waals surface area (Å²) in [6.07, 6.45) is 20.2. The molecule has 3 aromatic rings. The van der Waals surface area contributed by atoms with Crippen molar-refractivity contribution in [2.24, 2.45) is 11.3 Å². The number of methoxy groups -OCH3 is 1. The van der Waals surface area contributed by atoms with Crippen LogP contribution in [0.3, 0.4) is 0 Å². The fourth-order valence-corrected chi connectivity index (χ4v) is 8.05. The summed E-state index contributed by atoms with van der Waals surface area (Å²) in [6.45, 7) is 3.00. The molecule has 41 heavy (non-hydrogen) atoms. The first-order valence-electron chi connectivity index (χ1n) is 15.9. The molecule has 2 aromatic carbocycles. The highest BCUT2D eigenvalue weighted by molar-refractivity contribution is 5.96. The van der Waals surface area contributed by atoms with Gasteiger partial charge in [-0.25, -0.2) is 0 Å². The second-order valence-corrected chi connectivity index (χ2v) is 13.5. The molecule has 5 fully saturated rings. The highest BCUT2D eigenvalue weighted by atomic mass is 16.5. The second-order valence-electron chi connectivity index (χ2n) is 13.5. The number of aryl methyl sites for hydroxylation is 1. The van der Waals surface area contributed by atoms with Crippen molar-refractivity contribution < 1.29 is 9.53 Å². The average molecular weight is 551 g/mol. The summed E-state index contributed by atoms with van der Waals surface area (Å²) in [5, 5.41) is 4.63. The summed E-state index contributed by atoms with van der Waals surface area (Å²) in [5.41, 5.74) is 6.54. The van der Waals surface area contributed by atoms with Gasteiger partial charge in [0.1, 0.15) is 5.75 Å². The van der Waals surface area contributed by atoms with Gasteiger partial charge in [-0.3, -0.25) is 9.48 Å². The zero-order valence-corrected chi connectivity index (χ0v) is 24.8. The van der Waals surface area contributed by atoms with Gasteiger partial charge in [-0.15, -0.1) is 0 Å². The second kappa shape index (κ2) is 10.6. The molecule has 1 amide bonds. The topological polar surface area (TPSA) is 47.4 Å². The first-order valence-corrected chi connectivity index (χ1v) is 15.9. The Morgan fingerprint density at radius 2 is 1.73 bits per heavy atom. The first kappa shape index (κ1) is 26.8. The first-order chi connectivity index (χ1) is 20.0. The molecule has 5 saturated carbocycles. The molecule has 215 valence electrons. The molecular weight excluding hydrogens is 506 g/mol. The Hall–Kier alpha value is -3.08. The van der Waals surface area contributed by atoms with Crippen molar-refractivity contribution in [2.45, 2.75) is 95.4 Å². The van der Waals surface area contributed by atoms with E-state index in [2.05, 4.69) is 76.7 Å². The molecule has 5 aliphatic rings. The van der Waals surface area contributed by atoms with Gasteiger partial charge in [0, 0.05) is 29.9 Å². The van der Waals surface area contributed by atoms with Gasteiger partial charge in [-0.1, -0.05) is 24.3 Å². The fourth-order valence-electron chi connectivity index (χ4n) is 8.05. The van der Waals surface area contributed by atoms with E-state index >= 15 is 0 Å². The number of ether oxygens (including phenoxy) is 1. The lowest BCUT2D eigenvalue weighted by Crippen LogP contribution is -2.51. The number of amides is 1. The van der Waals surface area contributed by atoms with Crippen molar-refractivity contribution in [3.05, 3.63) is 72.4 Å². The van der Waals surface area contributed by atoms with E-state index in [-0.39, 0.29) is 16.7 Å². The predicted molar refractivity (Wildman–Crippen MR) is 164 cm³/mol. The highest BCUT2D eigenvalue weighted by Gasteiger charge is 2.50. The zero-order chi connectivity index (χ0) is 28.0. The minimum Gasteiger partial charge on any atom is -0.496 e. The number of fused-ring (bicyclic) bond motifs is 3. The molecule has 5 aliphatic carbocycles. The minimum absolute atomic E-state index is 0.131. The monoisotopic (exact) mass is 550 g/mol. The Balaban J connectivity index is 1.15. The Morgan fingerprint density at radius 1 is 0.976 bits per heavy atom. The molecule has 1 aromatic heterocycles. The van der Waals surface area contributed by atoms with E-state index in [1.807, 2.05) is 6.20 Å². The molecule has 5 nitrogen and oxygen atoms in total. The van der Waals surface area contributed by atoms with Gasteiger partial charge in [0.15, 0.2) is 0 Å². The number of aromatic nitrogens is 2. The van der Waals surface area contributed by atoms with Gasteiger partial charge >= 0.3 is 0 Å². The summed E-state index contributed by atoms with van der Waals surface area (Å²) in [5.74, 6) is 1.44. The SMILES string of the molecule is COc1ccc(C23CCC(CN(C(=O)C4CC[CH]CC4)c4cccc(-c5cnn(C6CC6)c5)c4)(CC2)CC3)cc1C. The summed E-state index contributed by atoms with van der Waals surface area (Å²) >= 11 is 0. The Labute approximate surface area is 245 Å². The Bertz CT molecular complexity index is 1390. The van der Waals surface area contributed by atoms with Gasteiger partial charge in [0.25, 0.3) is 0 Å². The van der Waals surface area contributed by atoms with Crippen molar-refractivity contribution in [3.63, 3.8) is 0 Å². The lowest BCUT2D eigenvalue weighted by molar-refractivity contribution is -0.123. The number of carbonyl (C=O) groups is 1. The maximum absolute atomic E-state index is 14.3. The van der Waals surface area contributed by atoms with Crippen molar-refractivity contribution in [2.75, 3.05) is 18.6 Å². The molecule has 0 unspecified atom stereocenters. The molecule has 0 spiro atoms. The third kappa shape index (κ3) is 5.10. The average Bonchev–Trinajstić information content (AvgIpc) is 3.77. The number of anilines is 1. The standard InChI is InChI=1S/C36H44N3O2/c1-26-21-30(11-14-33(26)41-2)36-18-15-35(16-19-36,17-20-36)25-38(34(40)27-7-4-3-5-8-27)32-10-6-9-28(22-32)29-23-37-39(24-29)31-12-13-31/h3,6,9-11,14,21-24,27,31H,4-5,7-8,12-13,15-20,25H2,1-2H3. The van der Waals surface area contributed by atoms with Crippen LogP contribution >= 0.6 is 0 Å². The molecule has 8 rings (SSSR count). The predicted octanol–water partition coefficient (Wildman–Crippen LogP) is 8.22. The Kier molecular flexibility index (Phi) is 6.95. The number of hydrogen-bond acceptors (Lipinski definition) is 3. The Morgan fingerprint density at radius 3 is 2.41 bits per heavy atom. The van der Waals surface area contributed by atoms with E-state index in [1.54, 1.807) is 7.11 Å². The zero-order valence-electron chi connectivity index (χ0n) is 24.8. The van der Waals surface area contributed by atoms with Gasteiger partial charge in [-0.2, -0.15) is 5.10 Å².